The normalized spacial score (nSPS) is 20.6. The molecule has 0 aliphatic carbocycles. The Morgan fingerprint density at radius 2 is 2.11 bits per heavy atom. The van der Waals surface area contributed by atoms with Crippen molar-refractivity contribution < 1.29 is 0 Å². The summed E-state index contributed by atoms with van der Waals surface area (Å²) in [6, 6.07) is 13.1. The van der Waals surface area contributed by atoms with Crippen LogP contribution in [0.4, 0.5) is 5.82 Å². The zero-order valence-electron chi connectivity index (χ0n) is 11.5. The summed E-state index contributed by atoms with van der Waals surface area (Å²) < 4.78 is 0. The van der Waals surface area contributed by atoms with Crippen LogP contribution in [0.5, 0.6) is 0 Å². The van der Waals surface area contributed by atoms with Crippen LogP contribution in [0.25, 0.3) is 10.9 Å². The number of nitrogens with one attached hydrogen (secondary N) is 1. The number of nitrogens with zero attached hydrogens (tertiary/aromatic N) is 2. The van der Waals surface area contributed by atoms with Gasteiger partial charge in [-0.1, -0.05) is 24.6 Å². The second kappa shape index (κ2) is 5.57. The van der Waals surface area contributed by atoms with E-state index in [0.29, 0.717) is 6.04 Å². The first-order valence-electron chi connectivity index (χ1n) is 7.13. The lowest BCUT2D eigenvalue weighted by Crippen LogP contribution is -2.40. The van der Waals surface area contributed by atoms with Crippen LogP contribution in [-0.4, -0.2) is 36.1 Å². The fourth-order valence-electron chi connectivity index (χ4n) is 2.79. The topological polar surface area (TPSA) is 28.2 Å². The summed E-state index contributed by atoms with van der Waals surface area (Å²) in [6.45, 7) is 2.21. The molecule has 1 fully saturated rings. The number of aromatic nitrogens is 1. The molecule has 1 aromatic heterocycles. The van der Waals surface area contributed by atoms with Crippen molar-refractivity contribution in [1.29, 1.82) is 0 Å². The minimum Gasteiger partial charge on any atom is -0.368 e. The third-order valence-corrected chi connectivity index (χ3v) is 4.04. The first kappa shape index (κ1) is 12.4. The molecule has 1 saturated heterocycles. The quantitative estimate of drug-likeness (QED) is 0.913. The fourth-order valence-corrected chi connectivity index (χ4v) is 2.79. The molecule has 0 spiro atoms. The fraction of sp³-hybridized carbons (Fsp3) is 0.438. The summed E-state index contributed by atoms with van der Waals surface area (Å²) in [5.41, 5.74) is 1.06. The van der Waals surface area contributed by atoms with Crippen LogP contribution in [0.1, 0.15) is 19.3 Å². The van der Waals surface area contributed by atoms with Crippen molar-refractivity contribution in [1.82, 2.24) is 9.88 Å². The van der Waals surface area contributed by atoms with Gasteiger partial charge in [0.15, 0.2) is 0 Å². The maximum atomic E-state index is 4.66. The zero-order chi connectivity index (χ0) is 13.1. The van der Waals surface area contributed by atoms with Crippen LogP contribution in [0.2, 0.25) is 0 Å². The second-order valence-corrected chi connectivity index (χ2v) is 5.40. The number of fused-ring (bicyclic) bond motifs is 1. The van der Waals surface area contributed by atoms with E-state index < -0.39 is 0 Å². The molecule has 1 aromatic carbocycles. The Morgan fingerprint density at radius 3 is 3.00 bits per heavy atom. The van der Waals surface area contributed by atoms with E-state index in [1.54, 1.807) is 0 Å². The Morgan fingerprint density at radius 1 is 1.21 bits per heavy atom. The number of likely N-dealkylation sites (N-methyl/N-ethyl adjacent to an activating group) is 1. The molecule has 0 bridgehead atoms. The third kappa shape index (κ3) is 2.87. The molecular formula is C16H21N3. The highest BCUT2D eigenvalue weighted by molar-refractivity contribution is 5.80. The van der Waals surface area contributed by atoms with E-state index in [2.05, 4.69) is 46.5 Å². The molecule has 19 heavy (non-hydrogen) atoms. The molecule has 1 N–H and O–H groups in total. The SMILES string of the molecule is CN1CCCCC1CNc1ccc2ccccc2n1. The number of anilines is 1. The first-order valence-corrected chi connectivity index (χ1v) is 7.13. The molecule has 0 amide bonds. The molecule has 3 nitrogen and oxygen atoms in total. The number of piperidine rings is 1. The molecule has 1 atom stereocenters. The lowest BCUT2D eigenvalue weighted by atomic mass is 10.0. The highest BCUT2D eigenvalue weighted by Crippen LogP contribution is 2.17. The van der Waals surface area contributed by atoms with E-state index >= 15 is 0 Å². The molecule has 0 radical (unpaired) electrons. The van der Waals surface area contributed by atoms with Crippen LogP contribution in [-0.2, 0) is 0 Å². The van der Waals surface area contributed by atoms with Crippen molar-refractivity contribution in [2.24, 2.45) is 0 Å². The zero-order valence-corrected chi connectivity index (χ0v) is 11.5. The molecule has 3 heteroatoms. The monoisotopic (exact) mass is 255 g/mol. The maximum Gasteiger partial charge on any atom is 0.126 e. The molecule has 100 valence electrons. The molecule has 2 heterocycles. The summed E-state index contributed by atoms with van der Waals surface area (Å²) in [5.74, 6) is 0.984. The van der Waals surface area contributed by atoms with Gasteiger partial charge in [-0.15, -0.1) is 0 Å². The van der Waals surface area contributed by atoms with Crippen molar-refractivity contribution in [2.45, 2.75) is 25.3 Å². The Balaban J connectivity index is 1.67. The predicted octanol–water partition coefficient (Wildman–Crippen LogP) is 3.13. The van der Waals surface area contributed by atoms with Gasteiger partial charge in [0.2, 0.25) is 0 Å². The summed E-state index contributed by atoms with van der Waals surface area (Å²) in [5, 5.41) is 4.68. The number of hydrogen-bond donors (Lipinski definition) is 1. The summed E-state index contributed by atoms with van der Waals surface area (Å²) in [7, 11) is 2.22. The molecule has 3 rings (SSSR count). The van der Waals surface area contributed by atoms with E-state index in [9.17, 15) is 0 Å². The Bertz CT molecular complexity index is 552. The van der Waals surface area contributed by atoms with Gasteiger partial charge in [-0.2, -0.15) is 0 Å². The lowest BCUT2D eigenvalue weighted by Gasteiger charge is -2.32. The Kier molecular flexibility index (Phi) is 3.65. The van der Waals surface area contributed by atoms with Crippen LogP contribution in [0.15, 0.2) is 36.4 Å². The van der Waals surface area contributed by atoms with Gasteiger partial charge in [0.05, 0.1) is 5.52 Å². The van der Waals surface area contributed by atoms with E-state index in [4.69, 9.17) is 0 Å². The van der Waals surface area contributed by atoms with Crippen LogP contribution >= 0.6 is 0 Å². The Hall–Kier alpha value is -1.61. The highest BCUT2D eigenvalue weighted by Gasteiger charge is 2.18. The number of para-hydroxylation sites is 1. The van der Waals surface area contributed by atoms with E-state index in [0.717, 1.165) is 17.9 Å². The predicted molar refractivity (Wildman–Crippen MR) is 80.5 cm³/mol. The van der Waals surface area contributed by atoms with Crippen LogP contribution in [0, 0.1) is 0 Å². The van der Waals surface area contributed by atoms with Gasteiger partial charge in [0.25, 0.3) is 0 Å². The molecular weight excluding hydrogens is 234 g/mol. The third-order valence-electron chi connectivity index (χ3n) is 4.04. The number of rotatable bonds is 3. The van der Waals surface area contributed by atoms with Crippen molar-refractivity contribution in [3.8, 4) is 0 Å². The summed E-state index contributed by atoms with van der Waals surface area (Å²) in [4.78, 5) is 7.11. The van der Waals surface area contributed by atoms with Gasteiger partial charge >= 0.3 is 0 Å². The molecule has 0 saturated carbocycles. The number of likely N-dealkylation sites (tertiary alicyclic amines) is 1. The van der Waals surface area contributed by atoms with Crippen LogP contribution in [0.3, 0.4) is 0 Å². The number of benzene rings is 1. The van der Waals surface area contributed by atoms with Gasteiger partial charge in [0, 0.05) is 18.0 Å². The van der Waals surface area contributed by atoms with Gasteiger partial charge in [0.1, 0.15) is 5.82 Å². The van der Waals surface area contributed by atoms with E-state index in [-0.39, 0.29) is 0 Å². The van der Waals surface area contributed by atoms with Crippen molar-refractivity contribution in [2.75, 3.05) is 25.5 Å². The lowest BCUT2D eigenvalue weighted by molar-refractivity contribution is 0.194. The molecule has 1 unspecified atom stereocenters. The van der Waals surface area contributed by atoms with Gasteiger partial charge in [-0.25, -0.2) is 4.98 Å². The van der Waals surface area contributed by atoms with E-state index in [1.807, 2.05) is 12.1 Å². The van der Waals surface area contributed by atoms with Crippen molar-refractivity contribution in [3.63, 3.8) is 0 Å². The van der Waals surface area contributed by atoms with Crippen molar-refractivity contribution in [3.05, 3.63) is 36.4 Å². The summed E-state index contributed by atoms with van der Waals surface area (Å²) in [6.07, 6.45) is 3.97. The van der Waals surface area contributed by atoms with E-state index in [1.165, 1.54) is 31.2 Å². The largest absolute Gasteiger partial charge is 0.368 e. The Labute approximate surface area is 114 Å². The standard InChI is InChI=1S/C16H21N3/c1-19-11-5-4-7-14(19)12-17-16-10-9-13-6-2-3-8-15(13)18-16/h2-3,6,8-10,14H,4-5,7,11-12H2,1H3,(H,17,18). The average molecular weight is 255 g/mol. The van der Waals surface area contributed by atoms with Gasteiger partial charge < -0.3 is 10.2 Å². The minimum atomic E-state index is 0.641. The molecule has 1 aliphatic rings. The summed E-state index contributed by atoms with van der Waals surface area (Å²) >= 11 is 0. The first-order chi connectivity index (χ1) is 9.33. The van der Waals surface area contributed by atoms with Crippen molar-refractivity contribution >= 4 is 16.7 Å². The highest BCUT2D eigenvalue weighted by atomic mass is 15.2. The second-order valence-electron chi connectivity index (χ2n) is 5.40. The van der Waals surface area contributed by atoms with Crippen LogP contribution < -0.4 is 5.32 Å². The number of pyridine rings is 1. The minimum absolute atomic E-state index is 0.641. The number of hydrogen-bond acceptors (Lipinski definition) is 3. The van der Waals surface area contributed by atoms with Gasteiger partial charge in [-0.05, 0) is 44.6 Å². The molecule has 1 aliphatic heterocycles. The van der Waals surface area contributed by atoms with Gasteiger partial charge in [-0.3, -0.25) is 0 Å². The average Bonchev–Trinajstić information content (AvgIpc) is 2.46. The smallest absolute Gasteiger partial charge is 0.126 e. The molecule has 2 aromatic rings. The maximum absolute atomic E-state index is 4.66.